The van der Waals surface area contributed by atoms with E-state index >= 15 is 0 Å². The topological polar surface area (TPSA) is 54.8 Å². The number of methoxy groups -OCH3 is 1. The van der Waals surface area contributed by atoms with E-state index in [1.807, 2.05) is 19.0 Å². The van der Waals surface area contributed by atoms with Gasteiger partial charge in [0.2, 0.25) is 12.0 Å². The van der Waals surface area contributed by atoms with Gasteiger partial charge in [0.15, 0.2) is 5.13 Å². The molecular weight excluding hydrogens is 214 g/mol. The molecule has 0 fully saturated rings. The largest absolute Gasteiger partial charge is 0.480 e. The first-order valence-electron chi connectivity index (χ1n) is 4.43. The molecule has 82 valence electrons. The summed E-state index contributed by atoms with van der Waals surface area (Å²) in [7, 11) is 5.43. The Morgan fingerprint density at radius 2 is 2.33 bits per heavy atom. The normalized spacial score (nSPS) is 9.53. The number of rotatable bonds is 5. The summed E-state index contributed by atoms with van der Waals surface area (Å²) in [6.07, 6.45) is 2.17. The van der Waals surface area contributed by atoms with Crippen LogP contribution in [-0.4, -0.2) is 38.8 Å². The average Bonchev–Trinajstić information content (AvgIpc) is 2.62. The minimum atomic E-state index is 0.426. The first-order valence-corrected chi connectivity index (χ1v) is 5.25. The summed E-state index contributed by atoms with van der Waals surface area (Å²) in [5, 5.41) is 0.886. The number of ether oxygens (including phenoxy) is 1. The van der Waals surface area contributed by atoms with E-state index in [9.17, 15) is 4.79 Å². The van der Waals surface area contributed by atoms with Gasteiger partial charge in [0, 0.05) is 20.5 Å². The Bertz CT molecular complexity index is 369. The minimum Gasteiger partial charge on any atom is -0.480 e. The number of nitrogens with zero attached hydrogens (tertiary/aromatic N) is 3. The highest BCUT2D eigenvalue weighted by atomic mass is 32.1. The predicted octanol–water partition coefficient (Wildman–Crippen LogP) is 1.10. The molecule has 0 aliphatic heterocycles. The number of hydrogen-bond acceptors (Lipinski definition) is 6. The van der Waals surface area contributed by atoms with Crippen LogP contribution in [0.15, 0.2) is 4.99 Å². The van der Waals surface area contributed by atoms with Crippen molar-refractivity contribution >= 4 is 22.5 Å². The van der Waals surface area contributed by atoms with E-state index in [1.165, 1.54) is 6.08 Å². The molecule has 0 spiro atoms. The van der Waals surface area contributed by atoms with Gasteiger partial charge < -0.3 is 9.64 Å². The molecular formula is C9H13N3O2S. The van der Waals surface area contributed by atoms with Gasteiger partial charge in [-0.1, -0.05) is 11.3 Å². The molecule has 0 aliphatic carbocycles. The van der Waals surface area contributed by atoms with Crippen molar-refractivity contribution in [3.8, 4) is 5.88 Å². The van der Waals surface area contributed by atoms with Crippen LogP contribution in [0.1, 0.15) is 4.88 Å². The lowest BCUT2D eigenvalue weighted by atomic mass is 10.4. The van der Waals surface area contributed by atoms with Crippen LogP contribution in [0.5, 0.6) is 5.88 Å². The number of carbonyl (C=O) groups excluding carboxylic acids is 1. The Balaban J connectivity index is 2.80. The zero-order valence-corrected chi connectivity index (χ0v) is 9.80. The molecule has 15 heavy (non-hydrogen) atoms. The lowest BCUT2D eigenvalue weighted by Crippen LogP contribution is -2.07. The fraction of sp³-hybridized carbons (Fsp3) is 0.556. The number of hydrogen-bond donors (Lipinski definition) is 0. The maximum atomic E-state index is 9.92. The minimum absolute atomic E-state index is 0.426. The second-order valence-corrected chi connectivity index (χ2v) is 4.11. The molecule has 0 aromatic carbocycles. The summed E-state index contributed by atoms with van der Waals surface area (Å²) >= 11 is 1.54. The van der Waals surface area contributed by atoms with E-state index in [0.717, 1.165) is 10.0 Å². The average molecular weight is 227 g/mol. The zero-order valence-electron chi connectivity index (χ0n) is 8.98. The van der Waals surface area contributed by atoms with Crippen molar-refractivity contribution in [1.29, 1.82) is 0 Å². The molecule has 5 nitrogen and oxygen atoms in total. The molecule has 0 saturated heterocycles. The Morgan fingerprint density at radius 3 is 2.87 bits per heavy atom. The van der Waals surface area contributed by atoms with Crippen molar-refractivity contribution in [2.45, 2.75) is 6.42 Å². The summed E-state index contributed by atoms with van der Waals surface area (Å²) in [6.45, 7) is 0.426. The number of isocyanates is 1. The molecule has 0 N–H and O–H groups in total. The van der Waals surface area contributed by atoms with Gasteiger partial charge in [-0.2, -0.15) is 4.98 Å². The van der Waals surface area contributed by atoms with E-state index in [2.05, 4.69) is 9.98 Å². The van der Waals surface area contributed by atoms with Crippen molar-refractivity contribution < 1.29 is 9.53 Å². The van der Waals surface area contributed by atoms with Crippen LogP contribution < -0.4 is 9.64 Å². The molecule has 1 aromatic heterocycles. The molecule has 1 aromatic rings. The zero-order chi connectivity index (χ0) is 11.3. The quantitative estimate of drug-likeness (QED) is 0.558. The number of aliphatic imine (C=N–C) groups is 1. The smallest absolute Gasteiger partial charge is 0.234 e. The van der Waals surface area contributed by atoms with Gasteiger partial charge >= 0.3 is 0 Å². The van der Waals surface area contributed by atoms with E-state index in [-0.39, 0.29) is 0 Å². The second-order valence-electron chi connectivity index (χ2n) is 3.05. The predicted molar refractivity (Wildman–Crippen MR) is 59.7 cm³/mol. The van der Waals surface area contributed by atoms with Crippen LogP contribution in [0.3, 0.4) is 0 Å². The van der Waals surface area contributed by atoms with Crippen molar-refractivity contribution in [1.82, 2.24) is 4.98 Å². The Kier molecular flexibility index (Phi) is 4.27. The van der Waals surface area contributed by atoms with Gasteiger partial charge in [-0.15, -0.1) is 0 Å². The Morgan fingerprint density at radius 1 is 1.60 bits per heavy atom. The maximum Gasteiger partial charge on any atom is 0.234 e. The summed E-state index contributed by atoms with van der Waals surface area (Å²) in [6, 6.07) is 0. The Labute approximate surface area is 92.4 Å². The highest BCUT2D eigenvalue weighted by Crippen LogP contribution is 2.30. The van der Waals surface area contributed by atoms with Gasteiger partial charge in [-0.3, -0.25) is 0 Å². The van der Waals surface area contributed by atoms with Crippen LogP contribution in [0.25, 0.3) is 0 Å². The van der Waals surface area contributed by atoms with Gasteiger partial charge in [0.1, 0.15) is 0 Å². The van der Waals surface area contributed by atoms with Gasteiger partial charge in [-0.25, -0.2) is 9.79 Å². The highest BCUT2D eigenvalue weighted by Gasteiger charge is 2.12. The van der Waals surface area contributed by atoms with E-state index in [0.29, 0.717) is 18.8 Å². The van der Waals surface area contributed by atoms with Crippen LogP contribution in [0, 0.1) is 0 Å². The molecule has 0 amide bonds. The SMILES string of the molecule is COc1nc(N(C)C)sc1CCN=C=O. The molecule has 0 aliphatic rings. The molecule has 0 atom stereocenters. The number of aromatic nitrogens is 1. The van der Waals surface area contributed by atoms with E-state index in [4.69, 9.17) is 4.74 Å². The van der Waals surface area contributed by atoms with Gasteiger partial charge in [-0.05, 0) is 0 Å². The van der Waals surface area contributed by atoms with E-state index < -0.39 is 0 Å². The molecule has 6 heteroatoms. The first kappa shape index (κ1) is 11.7. The van der Waals surface area contributed by atoms with Crippen LogP contribution in [0.4, 0.5) is 5.13 Å². The molecule has 0 unspecified atom stereocenters. The van der Waals surface area contributed by atoms with Gasteiger partial charge in [0.05, 0.1) is 18.5 Å². The van der Waals surface area contributed by atoms with Crippen LogP contribution >= 0.6 is 11.3 Å². The monoisotopic (exact) mass is 227 g/mol. The summed E-state index contributed by atoms with van der Waals surface area (Å²) in [4.78, 5) is 20.6. The highest BCUT2D eigenvalue weighted by molar-refractivity contribution is 7.15. The second kappa shape index (κ2) is 5.48. The van der Waals surface area contributed by atoms with Crippen LogP contribution in [-0.2, 0) is 11.2 Å². The Hall–Kier alpha value is -1.39. The fourth-order valence-corrected chi connectivity index (χ4v) is 1.98. The van der Waals surface area contributed by atoms with Crippen LogP contribution in [0.2, 0.25) is 0 Å². The number of thiazole rings is 1. The first-order chi connectivity index (χ1) is 7.19. The van der Waals surface area contributed by atoms with E-state index in [1.54, 1.807) is 18.4 Å². The molecule has 0 radical (unpaired) electrons. The summed E-state index contributed by atoms with van der Waals surface area (Å²) in [5.41, 5.74) is 0. The lowest BCUT2D eigenvalue weighted by molar-refractivity contribution is 0.396. The van der Waals surface area contributed by atoms with Gasteiger partial charge in [0.25, 0.3) is 0 Å². The van der Waals surface area contributed by atoms with Crippen molar-refractivity contribution in [3.05, 3.63) is 4.88 Å². The fourth-order valence-electron chi connectivity index (χ4n) is 1.04. The van der Waals surface area contributed by atoms with Crippen molar-refractivity contribution in [2.75, 3.05) is 32.6 Å². The third-order valence-corrected chi connectivity index (χ3v) is 3.01. The third-order valence-electron chi connectivity index (χ3n) is 1.74. The maximum absolute atomic E-state index is 9.92. The molecule has 1 rings (SSSR count). The van der Waals surface area contributed by atoms with Crippen molar-refractivity contribution in [2.24, 2.45) is 4.99 Å². The number of anilines is 1. The molecule has 0 saturated carbocycles. The summed E-state index contributed by atoms with van der Waals surface area (Å²) < 4.78 is 5.14. The molecule has 1 heterocycles. The third kappa shape index (κ3) is 3.04. The summed E-state index contributed by atoms with van der Waals surface area (Å²) in [5.74, 6) is 0.616. The lowest BCUT2D eigenvalue weighted by Gasteiger charge is -2.04. The molecule has 0 bridgehead atoms. The standard InChI is InChI=1S/C9H13N3O2S/c1-12(2)9-11-8(14-3)7(15-9)4-5-10-6-13/h4-5H2,1-3H3. The van der Waals surface area contributed by atoms with Crippen molar-refractivity contribution in [3.63, 3.8) is 0 Å².